The second kappa shape index (κ2) is 8.27. The number of halogens is 4. The number of alkyl halides is 3. The molecule has 4 aromatic rings. The number of nitrogens with zero attached hydrogens (tertiary/aromatic N) is 1. The molecule has 4 nitrogen and oxygen atoms in total. The molecule has 4 rings (SSSR count). The van der Waals surface area contributed by atoms with Crippen molar-refractivity contribution in [2.45, 2.75) is 12.6 Å². The molecule has 0 saturated heterocycles. The van der Waals surface area contributed by atoms with Gasteiger partial charge in [-0.1, -0.05) is 18.2 Å². The van der Waals surface area contributed by atoms with E-state index in [1.165, 1.54) is 23.5 Å². The normalized spacial score (nSPS) is 11.7. The van der Waals surface area contributed by atoms with Crippen LogP contribution in [0.15, 0.2) is 47.8 Å². The molecule has 0 unspecified atom stereocenters. The zero-order valence-electron chi connectivity index (χ0n) is 15.8. The molecule has 0 aliphatic carbocycles. The summed E-state index contributed by atoms with van der Waals surface area (Å²) in [6.07, 6.45) is -4.22. The highest BCUT2D eigenvalue weighted by Gasteiger charge is 2.36. The predicted molar refractivity (Wildman–Crippen MR) is 115 cm³/mol. The number of fused-ring (bicyclic) bond motifs is 1. The Kier molecular flexibility index (Phi) is 5.67. The van der Waals surface area contributed by atoms with Crippen molar-refractivity contribution in [2.24, 2.45) is 0 Å². The van der Waals surface area contributed by atoms with Gasteiger partial charge in [0.25, 0.3) is 5.91 Å². The van der Waals surface area contributed by atoms with Gasteiger partial charge in [-0.25, -0.2) is 9.37 Å². The molecule has 31 heavy (non-hydrogen) atoms. The van der Waals surface area contributed by atoms with Crippen molar-refractivity contribution in [3.8, 4) is 10.6 Å². The lowest BCUT2D eigenvalue weighted by Gasteiger charge is -2.10. The number of carbonyl (C=O) groups excluding carboxylic acids is 1. The number of benzene rings is 1. The lowest BCUT2D eigenvalue weighted by molar-refractivity contribution is -0.136. The Morgan fingerprint density at radius 3 is 2.55 bits per heavy atom. The van der Waals surface area contributed by atoms with Crippen LogP contribution in [0.25, 0.3) is 20.8 Å². The molecule has 1 aromatic carbocycles. The first kappa shape index (κ1) is 21.3. The Labute approximate surface area is 182 Å². The summed E-state index contributed by atoms with van der Waals surface area (Å²) in [6, 6.07) is 10.2. The summed E-state index contributed by atoms with van der Waals surface area (Å²) in [5.74, 6) is -0.936. The number of anilines is 1. The maximum atomic E-state index is 13.7. The summed E-state index contributed by atoms with van der Waals surface area (Å²) < 4.78 is 54.2. The van der Waals surface area contributed by atoms with E-state index in [9.17, 15) is 22.4 Å². The second-order valence-corrected chi connectivity index (χ2v) is 8.63. The SMILES string of the molecule is Nc1c(C(=O)NCCc2ccc(F)cc2)sc2nc(-c3cccs3)cc(C(F)(F)F)c12. The summed E-state index contributed by atoms with van der Waals surface area (Å²) in [5, 5.41) is 4.14. The molecule has 0 bridgehead atoms. The van der Waals surface area contributed by atoms with Crippen molar-refractivity contribution in [1.82, 2.24) is 10.3 Å². The fourth-order valence-electron chi connectivity index (χ4n) is 3.12. The van der Waals surface area contributed by atoms with E-state index in [-0.39, 0.29) is 38.8 Å². The summed E-state index contributed by atoms with van der Waals surface area (Å²) in [7, 11) is 0. The monoisotopic (exact) mass is 465 g/mol. The van der Waals surface area contributed by atoms with Gasteiger partial charge < -0.3 is 11.1 Å². The van der Waals surface area contributed by atoms with Crippen LogP contribution in [0.2, 0.25) is 0 Å². The van der Waals surface area contributed by atoms with E-state index in [4.69, 9.17) is 5.73 Å². The molecule has 3 heterocycles. The van der Waals surface area contributed by atoms with Crippen LogP contribution in [-0.4, -0.2) is 17.4 Å². The summed E-state index contributed by atoms with van der Waals surface area (Å²) >= 11 is 2.10. The van der Waals surface area contributed by atoms with Gasteiger partial charge in [-0.3, -0.25) is 4.79 Å². The minimum absolute atomic E-state index is 0.0181. The number of nitrogens with one attached hydrogen (secondary N) is 1. The Morgan fingerprint density at radius 1 is 1.16 bits per heavy atom. The van der Waals surface area contributed by atoms with Gasteiger partial charge >= 0.3 is 6.18 Å². The zero-order valence-corrected chi connectivity index (χ0v) is 17.4. The number of hydrogen-bond acceptors (Lipinski definition) is 5. The number of rotatable bonds is 5. The van der Waals surface area contributed by atoms with Crippen molar-refractivity contribution < 1.29 is 22.4 Å². The van der Waals surface area contributed by atoms with Crippen LogP contribution in [0.1, 0.15) is 20.8 Å². The fourth-order valence-corrected chi connectivity index (χ4v) is 4.84. The maximum absolute atomic E-state index is 13.7. The lowest BCUT2D eigenvalue weighted by atomic mass is 10.1. The number of amides is 1. The minimum atomic E-state index is -4.65. The summed E-state index contributed by atoms with van der Waals surface area (Å²) in [5.41, 5.74) is 5.81. The van der Waals surface area contributed by atoms with Gasteiger partial charge in [-0.15, -0.1) is 22.7 Å². The fraction of sp³-hybridized carbons (Fsp3) is 0.143. The first-order valence-corrected chi connectivity index (χ1v) is 10.8. The van der Waals surface area contributed by atoms with Gasteiger partial charge in [-0.05, 0) is 41.6 Å². The molecule has 10 heteroatoms. The molecule has 3 aromatic heterocycles. The van der Waals surface area contributed by atoms with Gasteiger partial charge in [0.05, 0.1) is 21.8 Å². The van der Waals surface area contributed by atoms with E-state index in [1.807, 2.05) is 0 Å². The van der Waals surface area contributed by atoms with E-state index in [1.54, 1.807) is 29.6 Å². The van der Waals surface area contributed by atoms with E-state index in [0.29, 0.717) is 11.3 Å². The van der Waals surface area contributed by atoms with Crippen LogP contribution in [0.3, 0.4) is 0 Å². The van der Waals surface area contributed by atoms with Gasteiger partial charge in [0.1, 0.15) is 15.5 Å². The van der Waals surface area contributed by atoms with Crippen molar-refractivity contribution in [1.29, 1.82) is 0 Å². The molecule has 160 valence electrons. The average molecular weight is 465 g/mol. The number of nitrogen functional groups attached to an aromatic ring is 1. The summed E-state index contributed by atoms with van der Waals surface area (Å²) in [6.45, 7) is 0.220. The van der Waals surface area contributed by atoms with Crippen molar-refractivity contribution in [3.05, 3.63) is 69.7 Å². The van der Waals surface area contributed by atoms with Crippen LogP contribution in [0, 0.1) is 5.82 Å². The maximum Gasteiger partial charge on any atom is 0.417 e. The third kappa shape index (κ3) is 4.40. The smallest absolute Gasteiger partial charge is 0.397 e. The Hall–Kier alpha value is -2.98. The van der Waals surface area contributed by atoms with Crippen molar-refractivity contribution >= 4 is 44.5 Å². The van der Waals surface area contributed by atoms with Gasteiger partial charge in [0.15, 0.2) is 0 Å². The van der Waals surface area contributed by atoms with E-state index in [0.717, 1.165) is 23.0 Å². The van der Waals surface area contributed by atoms with Crippen LogP contribution < -0.4 is 11.1 Å². The molecule has 0 atom stereocenters. The summed E-state index contributed by atoms with van der Waals surface area (Å²) in [4.78, 5) is 17.6. The van der Waals surface area contributed by atoms with Crippen molar-refractivity contribution in [2.75, 3.05) is 12.3 Å². The topological polar surface area (TPSA) is 68.0 Å². The second-order valence-electron chi connectivity index (χ2n) is 6.69. The van der Waals surface area contributed by atoms with Gasteiger partial charge in [0.2, 0.25) is 0 Å². The van der Waals surface area contributed by atoms with Crippen LogP contribution in [0.4, 0.5) is 23.2 Å². The molecular formula is C21H15F4N3OS2. The Bertz CT molecular complexity index is 1230. The molecule has 0 aliphatic heterocycles. The molecule has 0 radical (unpaired) electrons. The van der Waals surface area contributed by atoms with Crippen LogP contribution >= 0.6 is 22.7 Å². The van der Waals surface area contributed by atoms with Crippen molar-refractivity contribution in [3.63, 3.8) is 0 Å². The highest BCUT2D eigenvalue weighted by atomic mass is 32.1. The molecule has 3 N–H and O–H groups in total. The Morgan fingerprint density at radius 2 is 1.90 bits per heavy atom. The highest BCUT2D eigenvalue weighted by molar-refractivity contribution is 7.21. The molecule has 0 fully saturated rings. The lowest BCUT2D eigenvalue weighted by Crippen LogP contribution is -2.25. The molecule has 0 aliphatic rings. The zero-order chi connectivity index (χ0) is 22.2. The van der Waals surface area contributed by atoms with E-state index in [2.05, 4.69) is 10.3 Å². The number of pyridine rings is 1. The Balaban J connectivity index is 1.64. The number of thiophene rings is 2. The minimum Gasteiger partial charge on any atom is -0.397 e. The van der Waals surface area contributed by atoms with E-state index < -0.39 is 17.6 Å². The van der Waals surface area contributed by atoms with Gasteiger partial charge in [0, 0.05) is 11.9 Å². The number of aromatic nitrogens is 1. The quantitative estimate of drug-likeness (QED) is 0.370. The van der Waals surface area contributed by atoms with Gasteiger partial charge in [-0.2, -0.15) is 13.2 Å². The third-order valence-corrected chi connectivity index (χ3v) is 6.59. The average Bonchev–Trinajstić information content (AvgIpc) is 3.36. The standard InChI is InChI=1S/C21H15F4N3OS2/c22-12-5-3-11(4-6-12)7-8-27-19(29)18-17(26)16-13(21(23,24)25)10-14(28-20(16)31-18)15-2-1-9-30-15/h1-6,9-10H,7-8,26H2,(H,27,29). The van der Waals surface area contributed by atoms with Crippen LogP contribution in [0.5, 0.6) is 0 Å². The molecule has 0 spiro atoms. The molecule has 0 saturated carbocycles. The molecular weight excluding hydrogens is 450 g/mol. The van der Waals surface area contributed by atoms with E-state index >= 15 is 0 Å². The third-order valence-electron chi connectivity index (χ3n) is 4.60. The highest BCUT2D eigenvalue weighted by Crippen LogP contribution is 2.43. The molecule has 1 amide bonds. The van der Waals surface area contributed by atoms with Crippen LogP contribution in [-0.2, 0) is 12.6 Å². The number of carbonyl (C=O) groups is 1. The number of hydrogen-bond donors (Lipinski definition) is 2. The first-order chi connectivity index (χ1) is 14.7. The first-order valence-electron chi connectivity index (χ1n) is 9.11. The largest absolute Gasteiger partial charge is 0.417 e. The predicted octanol–water partition coefficient (Wildman–Crippen LogP) is 5.74. The number of nitrogens with two attached hydrogens (primary N) is 1.